The van der Waals surface area contributed by atoms with Crippen molar-refractivity contribution in [1.29, 1.82) is 0 Å². The molecule has 0 saturated carbocycles. The van der Waals surface area contributed by atoms with Crippen LogP contribution in [0.5, 0.6) is 0 Å². The van der Waals surface area contributed by atoms with Crippen LogP contribution in [0, 0.1) is 5.92 Å². The molecule has 1 aliphatic rings. The molecular formula is C18H28N2O2S. The summed E-state index contributed by atoms with van der Waals surface area (Å²) in [6, 6.07) is 9.64. The van der Waals surface area contributed by atoms with E-state index in [1.54, 1.807) is 6.92 Å². The van der Waals surface area contributed by atoms with Crippen LogP contribution in [0.1, 0.15) is 32.4 Å². The Kier molecular flexibility index (Phi) is 6.50. The van der Waals surface area contributed by atoms with Crippen molar-refractivity contribution >= 4 is 17.7 Å². The van der Waals surface area contributed by atoms with Crippen LogP contribution in [0.4, 0.5) is 0 Å². The average molecular weight is 337 g/mol. The molecular weight excluding hydrogens is 308 g/mol. The Bertz CT molecular complexity index is 499. The second-order valence-corrected chi connectivity index (χ2v) is 7.92. The maximum atomic E-state index is 12.8. The van der Waals surface area contributed by atoms with Gasteiger partial charge in [0, 0.05) is 31.1 Å². The number of benzene rings is 1. The van der Waals surface area contributed by atoms with Crippen molar-refractivity contribution < 1.29 is 9.90 Å². The van der Waals surface area contributed by atoms with Gasteiger partial charge in [-0.15, -0.1) is 0 Å². The van der Waals surface area contributed by atoms with E-state index in [4.69, 9.17) is 0 Å². The van der Waals surface area contributed by atoms with Crippen molar-refractivity contribution in [2.24, 2.45) is 5.92 Å². The summed E-state index contributed by atoms with van der Waals surface area (Å²) in [6.45, 7) is 7.80. The first-order valence-corrected chi connectivity index (χ1v) is 9.44. The zero-order valence-electron chi connectivity index (χ0n) is 14.3. The zero-order valence-corrected chi connectivity index (χ0v) is 15.1. The van der Waals surface area contributed by atoms with Crippen molar-refractivity contribution in [3.05, 3.63) is 35.9 Å². The highest BCUT2D eigenvalue weighted by molar-refractivity contribution is 7.99. The van der Waals surface area contributed by atoms with Gasteiger partial charge in [-0.25, -0.2) is 0 Å². The third-order valence-corrected chi connectivity index (χ3v) is 5.58. The Morgan fingerprint density at radius 3 is 2.48 bits per heavy atom. The van der Waals surface area contributed by atoms with Crippen LogP contribution in [-0.2, 0) is 4.79 Å². The van der Waals surface area contributed by atoms with Gasteiger partial charge in [-0.3, -0.25) is 9.69 Å². The predicted octanol–water partition coefficient (Wildman–Crippen LogP) is 2.30. The van der Waals surface area contributed by atoms with Gasteiger partial charge >= 0.3 is 0 Å². The molecule has 1 saturated heterocycles. The summed E-state index contributed by atoms with van der Waals surface area (Å²) in [6.07, 6.45) is 0. The summed E-state index contributed by atoms with van der Waals surface area (Å²) >= 11 is 1.93. The number of nitrogens with one attached hydrogen (secondary N) is 1. The molecule has 1 heterocycles. The summed E-state index contributed by atoms with van der Waals surface area (Å²) in [5.41, 5.74) is 0.121. The molecule has 1 amide bonds. The highest BCUT2D eigenvalue weighted by atomic mass is 32.2. The van der Waals surface area contributed by atoms with Crippen LogP contribution in [0.3, 0.4) is 0 Å². The zero-order chi connectivity index (χ0) is 16.9. The molecule has 0 spiro atoms. The first-order chi connectivity index (χ1) is 10.9. The van der Waals surface area contributed by atoms with E-state index in [1.165, 1.54) is 0 Å². The molecule has 0 radical (unpaired) electrons. The smallest absolute Gasteiger partial charge is 0.242 e. The van der Waals surface area contributed by atoms with E-state index in [0.717, 1.165) is 30.2 Å². The highest BCUT2D eigenvalue weighted by Crippen LogP contribution is 2.25. The van der Waals surface area contributed by atoms with Crippen LogP contribution in [0.25, 0.3) is 0 Å². The maximum absolute atomic E-state index is 12.8. The number of thioether (sulfide) groups is 1. The van der Waals surface area contributed by atoms with Gasteiger partial charge in [-0.2, -0.15) is 11.8 Å². The fraction of sp³-hybridized carbons (Fsp3) is 0.611. The fourth-order valence-corrected chi connectivity index (χ4v) is 3.50. The Morgan fingerprint density at radius 2 is 1.91 bits per heavy atom. The molecule has 0 bridgehead atoms. The molecule has 1 fully saturated rings. The Hall–Kier alpha value is -1.04. The molecule has 5 heteroatoms. The van der Waals surface area contributed by atoms with Crippen molar-refractivity contribution in [2.45, 2.75) is 32.4 Å². The minimum Gasteiger partial charge on any atom is -0.388 e. The van der Waals surface area contributed by atoms with Crippen molar-refractivity contribution in [2.75, 3.05) is 31.1 Å². The Balaban J connectivity index is 2.11. The first kappa shape index (κ1) is 18.3. The number of hydrogen-bond donors (Lipinski definition) is 2. The lowest BCUT2D eigenvalue weighted by Gasteiger charge is -2.35. The minimum atomic E-state index is -0.894. The summed E-state index contributed by atoms with van der Waals surface area (Å²) < 4.78 is 0. The molecule has 4 nitrogen and oxygen atoms in total. The molecule has 2 rings (SSSR count). The lowest BCUT2D eigenvalue weighted by molar-refractivity contribution is -0.128. The Morgan fingerprint density at radius 1 is 1.30 bits per heavy atom. The van der Waals surface area contributed by atoms with E-state index < -0.39 is 5.60 Å². The SMILES string of the molecule is CC(C)C(C)(O)CNC(=O)C(c1ccccc1)N1CCSCC1. The summed E-state index contributed by atoms with van der Waals surface area (Å²) in [5, 5.41) is 13.3. The Labute approximate surface area is 143 Å². The first-order valence-electron chi connectivity index (χ1n) is 8.28. The summed E-state index contributed by atoms with van der Waals surface area (Å²) in [4.78, 5) is 15.1. The second kappa shape index (κ2) is 8.18. The third kappa shape index (κ3) is 4.96. The van der Waals surface area contributed by atoms with Gasteiger partial charge in [0.25, 0.3) is 0 Å². The number of hydrogen-bond acceptors (Lipinski definition) is 4. The van der Waals surface area contributed by atoms with Crippen LogP contribution < -0.4 is 5.32 Å². The number of carbonyl (C=O) groups is 1. The molecule has 1 aromatic rings. The quantitative estimate of drug-likeness (QED) is 0.837. The number of amides is 1. The van der Waals surface area contributed by atoms with Crippen LogP contribution >= 0.6 is 11.8 Å². The second-order valence-electron chi connectivity index (χ2n) is 6.69. The lowest BCUT2D eigenvalue weighted by Crippen LogP contribution is -2.49. The monoisotopic (exact) mass is 336 g/mol. The molecule has 2 N–H and O–H groups in total. The van der Waals surface area contributed by atoms with E-state index in [1.807, 2.05) is 55.9 Å². The molecule has 0 aliphatic carbocycles. The summed E-state index contributed by atoms with van der Waals surface area (Å²) in [7, 11) is 0. The average Bonchev–Trinajstić information content (AvgIpc) is 2.55. The van der Waals surface area contributed by atoms with E-state index in [-0.39, 0.29) is 24.4 Å². The molecule has 128 valence electrons. The van der Waals surface area contributed by atoms with Gasteiger partial charge in [0.15, 0.2) is 0 Å². The van der Waals surface area contributed by atoms with E-state index in [9.17, 15) is 9.90 Å². The normalized spacial score (nSPS) is 20.0. The van der Waals surface area contributed by atoms with E-state index in [2.05, 4.69) is 10.2 Å². The topological polar surface area (TPSA) is 52.6 Å². The number of rotatable bonds is 6. The molecule has 1 aromatic carbocycles. The van der Waals surface area contributed by atoms with Gasteiger partial charge in [-0.05, 0) is 18.4 Å². The summed E-state index contributed by atoms with van der Waals surface area (Å²) in [5.74, 6) is 2.18. The molecule has 2 atom stereocenters. The van der Waals surface area contributed by atoms with Crippen LogP contribution in [0.2, 0.25) is 0 Å². The van der Waals surface area contributed by atoms with Crippen molar-refractivity contribution in [3.63, 3.8) is 0 Å². The van der Waals surface area contributed by atoms with E-state index >= 15 is 0 Å². The third-order valence-electron chi connectivity index (χ3n) is 4.64. The lowest BCUT2D eigenvalue weighted by atomic mass is 9.92. The molecule has 0 aromatic heterocycles. The number of carbonyl (C=O) groups excluding carboxylic acids is 1. The standard InChI is InChI=1S/C18H28N2O2S/c1-14(2)18(3,22)13-19-17(21)16(15-7-5-4-6-8-15)20-9-11-23-12-10-20/h4-8,14,16,22H,9-13H2,1-3H3,(H,19,21). The van der Waals surface area contributed by atoms with E-state index in [0.29, 0.717) is 0 Å². The molecule has 2 unspecified atom stereocenters. The van der Waals surface area contributed by atoms with Gasteiger partial charge in [0.2, 0.25) is 5.91 Å². The van der Waals surface area contributed by atoms with Gasteiger partial charge in [-0.1, -0.05) is 44.2 Å². The van der Waals surface area contributed by atoms with Crippen LogP contribution in [-0.4, -0.2) is 52.7 Å². The maximum Gasteiger partial charge on any atom is 0.242 e. The highest BCUT2D eigenvalue weighted by Gasteiger charge is 2.31. The largest absolute Gasteiger partial charge is 0.388 e. The predicted molar refractivity (Wildman–Crippen MR) is 96.6 cm³/mol. The van der Waals surface area contributed by atoms with Crippen LogP contribution in [0.15, 0.2) is 30.3 Å². The number of aliphatic hydroxyl groups is 1. The molecule has 23 heavy (non-hydrogen) atoms. The van der Waals surface area contributed by atoms with Gasteiger partial charge in [0.05, 0.1) is 5.60 Å². The van der Waals surface area contributed by atoms with Gasteiger partial charge in [0.1, 0.15) is 6.04 Å². The van der Waals surface area contributed by atoms with Crippen molar-refractivity contribution in [3.8, 4) is 0 Å². The van der Waals surface area contributed by atoms with Gasteiger partial charge < -0.3 is 10.4 Å². The van der Waals surface area contributed by atoms with Crippen molar-refractivity contribution in [1.82, 2.24) is 10.2 Å². The molecule has 1 aliphatic heterocycles. The minimum absolute atomic E-state index is 0.0241. The fourth-order valence-electron chi connectivity index (χ4n) is 2.57. The number of nitrogens with zero attached hydrogens (tertiary/aromatic N) is 1.